The summed E-state index contributed by atoms with van der Waals surface area (Å²) in [7, 11) is 0. The number of hydrogen-bond acceptors (Lipinski definition) is 4. The largest absolute Gasteiger partial charge is 0.465 e. The fourth-order valence-corrected chi connectivity index (χ4v) is 2.89. The fourth-order valence-electron chi connectivity index (χ4n) is 2.89. The molecule has 1 saturated heterocycles. The first-order valence-electron chi connectivity index (χ1n) is 7.23. The summed E-state index contributed by atoms with van der Waals surface area (Å²) >= 11 is 0. The van der Waals surface area contributed by atoms with E-state index in [1.165, 1.54) is 0 Å². The summed E-state index contributed by atoms with van der Waals surface area (Å²) in [5.74, 6) is 0.449. The number of cyclic esters (lactones) is 1. The lowest BCUT2D eigenvalue weighted by atomic mass is 9.90. The molecule has 0 aromatic rings. The van der Waals surface area contributed by atoms with Gasteiger partial charge in [0.25, 0.3) is 0 Å². The van der Waals surface area contributed by atoms with Crippen molar-refractivity contribution in [3.05, 3.63) is 0 Å². The van der Waals surface area contributed by atoms with Crippen LogP contribution in [0.25, 0.3) is 0 Å². The highest BCUT2D eigenvalue weighted by Gasteiger charge is 2.47. The highest BCUT2D eigenvalue weighted by Crippen LogP contribution is 2.43. The van der Waals surface area contributed by atoms with E-state index in [0.29, 0.717) is 18.4 Å². The molecule has 1 saturated carbocycles. The molecular formula is C15H24O4. The molecule has 0 N–H and O–H groups in total. The summed E-state index contributed by atoms with van der Waals surface area (Å²) in [6, 6.07) is 0. The van der Waals surface area contributed by atoms with Gasteiger partial charge in [0.2, 0.25) is 0 Å². The summed E-state index contributed by atoms with van der Waals surface area (Å²) < 4.78 is 10.7. The Kier molecular flexibility index (Phi) is 3.88. The standard InChI is InChI=1S/C15H24O4/c1-5-15(3,4)14(17)19-9(2)10-6-11-8-18-13(16)12(11)7-10/h9-12H,5-8H2,1-4H3. The molecule has 0 amide bonds. The van der Waals surface area contributed by atoms with Crippen molar-refractivity contribution in [3.63, 3.8) is 0 Å². The molecule has 2 aliphatic rings. The third-order valence-corrected chi connectivity index (χ3v) is 4.87. The monoisotopic (exact) mass is 268 g/mol. The lowest BCUT2D eigenvalue weighted by Gasteiger charge is -2.26. The average molecular weight is 268 g/mol. The molecule has 4 heteroatoms. The second kappa shape index (κ2) is 5.14. The molecular weight excluding hydrogens is 244 g/mol. The van der Waals surface area contributed by atoms with E-state index in [0.717, 1.165) is 19.3 Å². The van der Waals surface area contributed by atoms with Gasteiger partial charge in [-0.05, 0) is 46.0 Å². The Bertz CT molecular complexity index is 374. The lowest BCUT2D eigenvalue weighted by Crippen LogP contribution is -2.32. The quantitative estimate of drug-likeness (QED) is 0.735. The van der Waals surface area contributed by atoms with Crippen LogP contribution >= 0.6 is 0 Å². The maximum absolute atomic E-state index is 12.1. The summed E-state index contributed by atoms with van der Waals surface area (Å²) in [4.78, 5) is 23.6. The average Bonchev–Trinajstić information content (AvgIpc) is 2.92. The summed E-state index contributed by atoms with van der Waals surface area (Å²) in [5, 5.41) is 0. The van der Waals surface area contributed by atoms with Crippen LogP contribution in [0.1, 0.15) is 47.0 Å². The molecule has 1 aliphatic heterocycles. The van der Waals surface area contributed by atoms with E-state index < -0.39 is 5.41 Å². The van der Waals surface area contributed by atoms with Gasteiger partial charge in [0.15, 0.2) is 0 Å². The van der Waals surface area contributed by atoms with Crippen molar-refractivity contribution in [2.24, 2.45) is 23.2 Å². The number of fused-ring (bicyclic) bond motifs is 1. The van der Waals surface area contributed by atoms with Crippen molar-refractivity contribution in [2.45, 2.75) is 53.1 Å². The van der Waals surface area contributed by atoms with Crippen LogP contribution < -0.4 is 0 Å². The minimum absolute atomic E-state index is 0.0327. The van der Waals surface area contributed by atoms with Gasteiger partial charge in [0, 0.05) is 5.92 Å². The molecule has 0 radical (unpaired) electrons. The Morgan fingerprint density at radius 1 is 1.47 bits per heavy atom. The van der Waals surface area contributed by atoms with Crippen LogP contribution in [0.15, 0.2) is 0 Å². The Hall–Kier alpha value is -1.06. The Morgan fingerprint density at radius 2 is 2.16 bits per heavy atom. The zero-order valence-corrected chi connectivity index (χ0v) is 12.3. The van der Waals surface area contributed by atoms with Crippen molar-refractivity contribution in [3.8, 4) is 0 Å². The van der Waals surface area contributed by atoms with Gasteiger partial charge >= 0.3 is 11.9 Å². The molecule has 0 bridgehead atoms. The molecule has 2 fully saturated rings. The van der Waals surface area contributed by atoms with Crippen molar-refractivity contribution in [1.29, 1.82) is 0 Å². The smallest absolute Gasteiger partial charge is 0.311 e. The predicted molar refractivity (Wildman–Crippen MR) is 70.3 cm³/mol. The molecule has 0 aromatic heterocycles. The van der Waals surface area contributed by atoms with Gasteiger partial charge in [-0.3, -0.25) is 9.59 Å². The van der Waals surface area contributed by atoms with Crippen molar-refractivity contribution < 1.29 is 19.1 Å². The van der Waals surface area contributed by atoms with Gasteiger partial charge in [-0.25, -0.2) is 0 Å². The van der Waals surface area contributed by atoms with Crippen LogP contribution in [-0.2, 0) is 19.1 Å². The van der Waals surface area contributed by atoms with Crippen molar-refractivity contribution >= 4 is 11.9 Å². The van der Waals surface area contributed by atoms with Gasteiger partial charge in [-0.15, -0.1) is 0 Å². The van der Waals surface area contributed by atoms with E-state index in [1.54, 1.807) is 0 Å². The first-order chi connectivity index (χ1) is 8.85. The van der Waals surface area contributed by atoms with Gasteiger partial charge in [-0.2, -0.15) is 0 Å². The van der Waals surface area contributed by atoms with Crippen LogP contribution in [0.3, 0.4) is 0 Å². The van der Waals surface area contributed by atoms with Crippen LogP contribution in [0.4, 0.5) is 0 Å². The summed E-state index contributed by atoms with van der Waals surface area (Å²) in [6.07, 6.45) is 2.37. The van der Waals surface area contributed by atoms with E-state index in [1.807, 2.05) is 27.7 Å². The van der Waals surface area contributed by atoms with Crippen LogP contribution in [0.5, 0.6) is 0 Å². The number of ether oxygens (including phenoxy) is 2. The first-order valence-corrected chi connectivity index (χ1v) is 7.23. The Labute approximate surface area is 114 Å². The zero-order chi connectivity index (χ0) is 14.2. The van der Waals surface area contributed by atoms with E-state index in [2.05, 4.69) is 0 Å². The first kappa shape index (κ1) is 14.4. The molecule has 108 valence electrons. The number of rotatable bonds is 4. The molecule has 4 unspecified atom stereocenters. The minimum atomic E-state index is -0.429. The Balaban J connectivity index is 1.90. The molecule has 19 heavy (non-hydrogen) atoms. The number of carbonyl (C=O) groups is 2. The van der Waals surface area contributed by atoms with Crippen LogP contribution in [0, 0.1) is 23.2 Å². The topological polar surface area (TPSA) is 52.6 Å². The summed E-state index contributed by atoms with van der Waals surface area (Å²) in [5.41, 5.74) is -0.429. The molecule has 0 spiro atoms. The van der Waals surface area contributed by atoms with Crippen molar-refractivity contribution in [1.82, 2.24) is 0 Å². The molecule has 0 aromatic carbocycles. The minimum Gasteiger partial charge on any atom is -0.465 e. The molecule has 2 rings (SSSR count). The van der Waals surface area contributed by atoms with Gasteiger partial charge in [-0.1, -0.05) is 6.92 Å². The maximum atomic E-state index is 12.1. The van der Waals surface area contributed by atoms with Gasteiger partial charge in [0.05, 0.1) is 17.9 Å². The molecule has 1 aliphatic carbocycles. The predicted octanol–water partition coefficient (Wildman–Crippen LogP) is 2.55. The van der Waals surface area contributed by atoms with Crippen LogP contribution in [0.2, 0.25) is 0 Å². The van der Waals surface area contributed by atoms with E-state index >= 15 is 0 Å². The second-order valence-corrected chi connectivity index (χ2v) is 6.58. The molecule has 4 nitrogen and oxygen atoms in total. The normalized spacial score (nSPS) is 31.8. The van der Waals surface area contributed by atoms with Gasteiger partial charge in [0.1, 0.15) is 6.10 Å². The van der Waals surface area contributed by atoms with E-state index in [9.17, 15) is 9.59 Å². The number of hydrogen-bond donors (Lipinski definition) is 0. The van der Waals surface area contributed by atoms with E-state index in [4.69, 9.17) is 9.47 Å². The van der Waals surface area contributed by atoms with Gasteiger partial charge < -0.3 is 9.47 Å². The molecule has 4 atom stereocenters. The number of esters is 2. The maximum Gasteiger partial charge on any atom is 0.311 e. The summed E-state index contributed by atoms with van der Waals surface area (Å²) in [6.45, 7) is 8.29. The van der Waals surface area contributed by atoms with Crippen molar-refractivity contribution in [2.75, 3.05) is 6.61 Å². The second-order valence-electron chi connectivity index (χ2n) is 6.58. The SMILES string of the molecule is CCC(C)(C)C(=O)OC(C)C1CC2COC(=O)C2C1. The van der Waals surface area contributed by atoms with Crippen LogP contribution in [-0.4, -0.2) is 24.6 Å². The highest BCUT2D eigenvalue weighted by molar-refractivity contribution is 5.76. The molecule has 1 heterocycles. The number of carbonyl (C=O) groups excluding carboxylic acids is 2. The third kappa shape index (κ3) is 2.77. The third-order valence-electron chi connectivity index (χ3n) is 4.87. The fraction of sp³-hybridized carbons (Fsp3) is 0.867. The Morgan fingerprint density at radius 3 is 2.74 bits per heavy atom. The van der Waals surface area contributed by atoms with E-state index in [-0.39, 0.29) is 24.0 Å². The highest BCUT2D eigenvalue weighted by atomic mass is 16.5. The lowest BCUT2D eigenvalue weighted by molar-refractivity contribution is -0.161. The zero-order valence-electron chi connectivity index (χ0n) is 12.3.